The van der Waals surface area contributed by atoms with Crippen molar-refractivity contribution in [1.29, 1.82) is 0 Å². The van der Waals surface area contributed by atoms with Gasteiger partial charge in [-0.3, -0.25) is 0 Å². The normalized spacial score (nSPS) is 13.2. The molecule has 0 amide bonds. The van der Waals surface area contributed by atoms with E-state index in [0.717, 1.165) is 12.5 Å². The van der Waals surface area contributed by atoms with E-state index in [2.05, 4.69) is 13.0 Å². The van der Waals surface area contributed by atoms with Crippen LogP contribution in [0.5, 0.6) is 0 Å². The Morgan fingerprint density at radius 2 is 1.39 bits per heavy atom. The Hall–Kier alpha value is -2.03. The number of hydrogen-bond acceptors (Lipinski definition) is 2. The van der Waals surface area contributed by atoms with Crippen molar-refractivity contribution in [1.82, 2.24) is 0 Å². The molecule has 0 saturated carbocycles. The van der Waals surface area contributed by atoms with E-state index in [1.807, 2.05) is 6.08 Å². The van der Waals surface area contributed by atoms with Gasteiger partial charge in [0.2, 0.25) is 0 Å². The molecule has 0 aliphatic heterocycles. The van der Waals surface area contributed by atoms with E-state index in [1.54, 1.807) is 30.4 Å². The highest BCUT2D eigenvalue weighted by molar-refractivity contribution is 5.80. The molecule has 0 heterocycles. The highest BCUT2D eigenvalue weighted by Gasteiger charge is 1.89. The molecule has 3 heteroatoms. The lowest BCUT2D eigenvalue weighted by Gasteiger charge is -1.98. The molecule has 0 bridgehead atoms. The van der Waals surface area contributed by atoms with Crippen molar-refractivity contribution < 1.29 is 15.0 Å². The lowest BCUT2D eigenvalue weighted by molar-refractivity contribution is -0.131. The summed E-state index contributed by atoms with van der Waals surface area (Å²) in [6.45, 7) is 2.23. The van der Waals surface area contributed by atoms with Crippen molar-refractivity contribution in [3.05, 3.63) is 60.4 Å². The zero-order valence-electron chi connectivity index (χ0n) is 14.2. The van der Waals surface area contributed by atoms with E-state index in [-0.39, 0.29) is 5.76 Å². The molecule has 0 radical (unpaired) electrons. The molecule has 0 aromatic carbocycles. The minimum absolute atomic E-state index is 0.174. The number of carbonyl (C=O) groups is 1. The summed E-state index contributed by atoms with van der Waals surface area (Å²) in [6, 6.07) is 0. The molecule has 0 aliphatic rings. The number of aliphatic carboxylic acids is 1. The molecule has 23 heavy (non-hydrogen) atoms. The smallest absolute Gasteiger partial charge is 0.328 e. The summed E-state index contributed by atoms with van der Waals surface area (Å²) in [4.78, 5) is 10.2. The summed E-state index contributed by atoms with van der Waals surface area (Å²) in [7, 11) is 0. The fourth-order valence-corrected chi connectivity index (χ4v) is 1.96. The van der Waals surface area contributed by atoms with E-state index in [0.29, 0.717) is 0 Å². The molecule has 0 atom stereocenters. The molecule has 0 aromatic rings. The predicted octanol–water partition coefficient (Wildman–Crippen LogP) is 5.88. The van der Waals surface area contributed by atoms with Crippen LogP contribution in [-0.2, 0) is 4.79 Å². The SMILES string of the molecule is CCCCCCCCC/C=C/C=C(O)/C=C/C=C/C=C/C(=O)O. The van der Waals surface area contributed by atoms with Crippen molar-refractivity contribution >= 4 is 5.97 Å². The highest BCUT2D eigenvalue weighted by Crippen LogP contribution is 2.08. The van der Waals surface area contributed by atoms with E-state index in [1.165, 1.54) is 51.0 Å². The Kier molecular flexibility index (Phi) is 14.9. The summed E-state index contributed by atoms with van der Waals surface area (Å²) >= 11 is 0. The van der Waals surface area contributed by atoms with Gasteiger partial charge in [-0.15, -0.1) is 0 Å². The third-order valence-corrected chi connectivity index (χ3v) is 3.22. The minimum atomic E-state index is -0.979. The van der Waals surface area contributed by atoms with Crippen molar-refractivity contribution in [2.24, 2.45) is 0 Å². The third kappa shape index (κ3) is 17.9. The van der Waals surface area contributed by atoms with Crippen LogP contribution in [0.1, 0.15) is 58.3 Å². The van der Waals surface area contributed by atoms with E-state index in [9.17, 15) is 9.90 Å². The lowest BCUT2D eigenvalue weighted by Crippen LogP contribution is -1.84. The molecule has 128 valence electrons. The van der Waals surface area contributed by atoms with Crippen molar-refractivity contribution in [3.8, 4) is 0 Å². The first-order chi connectivity index (χ1) is 11.2. The maximum absolute atomic E-state index is 10.2. The van der Waals surface area contributed by atoms with Gasteiger partial charge in [0.05, 0.1) is 0 Å². The maximum Gasteiger partial charge on any atom is 0.328 e. The summed E-state index contributed by atoms with van der Waals surface area (Å²) in [5.41, 5.74) is 0. The number of carboxylic acid groups (broad SMARTS) is 1. The Balaban J connectivity index is 3.73. The number of rotatable bonds is 13. The largest absolute Gasteiger partial charge is 0.508 e. The zero-order valence-corrected chi connectivity index (χ0v) is 14.2. The zero-order chi connectivity index (χ0) is 17.2. The van der Waals surface area contributed by atoms with Crippen LogP contribution in [0, 0.1) is 0 Å². The number of aliphatic hydroxyl groups is 1. The van der Waals surface area contributed by atoms with Gasteiger partial charge in [0.15, 0.2) is 0 Å². The molecule has 0 fully saturated rings. The van der Waals surface area contributed by atoms with Gasteiger partial charge in [-0.1, -0.05) is 81.9 Å². The Labute approximate surface area is 140 Å². The van der Waals surface area contributed by atoms with Crippen molar-refractivity contribution in [3.63, 3.8) is 0 Å². The molecule has 0 saturated heterocycles. The van der Waals surface area contributed by atoms with Crippen LogP contribution in [0.15, 0.2) is 60.4 Å². The highest BCUT2D eigenvalue weighted by atomic mass is 16.4. The minimum Gasteiger partial charge on any atom is -0.508 e. The predicted molar refractivity (Wildman–Crippen MR) is 97.5 cm³/mol. The van der Waals surface area contributed by atoms with Gasteiger partial charge in [-0.05, 0) is 25.0 Å². The van der Waals surface area contributed by atoms with E-state index < -0.39 is 5.97 Å². The quantitative estimate of drug-likeness (QED) is 0.193. The molecular weight excluding hydrogens is 288 g/mol. The van der Waals surface area contributed by atoms with Gasteiger partial charge >= 0.3 is 5.97 Å². The van der Waals surface area contributed by atoms with Gasteiger partial charge in [-0.25, -0.2) is 4.79 Å². The summed E-state index contributed by atoms with van der Waals surface area (Å²) < 4.78 is 0. The van der Waals surface area contributed by atoms with Gasteiger partial charge in [0.25, 0.3) is 0 Å². The van der Waals surface area contributed by atoms with Gasteiger partial charge < -0.3 is 10.2 Å². The first-order valence-electron chi connectivity index (χ1n) is 8.47. The molecule has 0 unspecified atom stereocenters. The molecule has 0 aromatic heterocycles. The van der Waals surface area contributed by atoms with Crippen LogP contribution in [-0.4, -0.2) is 16.2 Å². The molecular formula is C20H30O3. The second-order valence-corrected chi connectivity index (χ2v) is 5.37. The van der Waals surface area contributed by atoms with Crippen LogP contribution in [0.3, 0.4) is 0 Å². The van der Waals surface area contributed by atoms with Gasteiger partial charge in [0, 0.05) is 6.08 Å². The van der Waals surface area contributed by atoms with Crippen molar-refractivity contribution in [2.45, 2.75) is 58.3 Å². The lowest BCUT2D eigenvalue weighted by atomic mass is 10.1. The van der Waals surface area contributed by atoms with Crippen LogP contribution >= 0.6 is 0 Å². The summed E-state index contributed by atoms with van der Waals surface area (Å²) in [5, 5.41) is 18.0. The second kappa shape index (κ2) is 16.3. The maximum atomic E-state index is 10.2. The Bertz CT molecular complexity index is 440. The molecule has 0 aliphatic carbocycles. The number of carboxylic acids is 1. The molecule has 0 spiro atoms. The van der Waals surface area contributed by atoms with Crippen LogP contribution in [0.2, 0.25) is 0 Å². The Morgan fingerprint density at radius 3 is 2.04 bits per heavy atom. The number of allylic oxidation sites excluding steroid dienone is 8. The van der Waals surface area contributed by atoms with Crippen LogP contribution in [0.4, 0.5) is 0 Å². The average molecular weight is 318 g/mol. The Morgan fingerprint density at radius 1 is 0.783 bits per heavy atom. The fourth-order valence-electron chi connectivity index (χ4n) is 1.96. The molecule has 2 N–H and O–H groups in total. The monoisotopic (exact) mass is 318 g/mol. The third-order valence-electron chi connectivity index (χ3n) is 3.22. The number of hydrogen-bond donors (Lipinski definition) is 2. The summed E-state index contributed by atoms with van der Waals surface area (Å²) in [6.07, 6.45) is 24.7. The average Bonchev–Trinajstić information content (AvgIpc) is 2.52. The van der Waals surface area contributed by atoms with Crippen LogP contribution < -0.4 is 0 Å². The first kappa shape index (κ1) is 21.0. The van der Waals surface area contributed by atoms with E-state index >= 15 is 0 Å². The first-order valence-corrected chi connectivity index (χ1v) is 8.47. The second-order valence-electron chi connectivity index (χ2n) is 5.37. The number of unbranched alkanes of at least 4 members (excludes halogenated alkanes) is 7. The van der Waals surface area contributed by atoms with Crippen molar-refractivity contribution in [2.75, 3.05) is 0 Å². The topological polar surface area (TPSA) is 57.5 Å². The van der Waals surface area contributed by atoms with Gasteiger partial charge in [0.1, 0.15) is 5.76 Å². The van der Waals surface area contributed by atoms with E-state index in [4.69, 9.17) is 5.11 Å². The van der Waals surface area contributed by atoms with Crippen LogP contribution in [0.25, 0.3) is 0 Å². The fraction of sp³-hybridized carbons (Fsp3) is 0.450. The standard InChI is InChI=1S/C20H30O3/c1-2-3-4-5-6-7-8-9-10-13-16-19(21)17-14-11-12-15-18-20(22)23/h10-18,21H,2-9H2,1H3,(H,22,23)/b12-11+,13-10+,17-14+,18-15+,19-16-. The number of aliphatic hydroxyl groups excluding tert-OH is 1. The summed E-state index contributed by atoms with van der Waals surface area (Å²) in [5.74, 6) is -0.805. The molecule has 3 nitrogen and oxygen atoms in total. The van der Waals surface area contributed by atoms with Gasteiger partial charge in [-0.2, -0.15) is 0 Å². The molecule has 0 rings (SSSR count).